The van der Waals surface area contributed by atoms with Crippen LogP contribution in [-0.2, 0) is 6.54 Å². The minimum absolute atomic E-state index is 0.0852. The summed E-state index contributed by atoms with van der Waals surface area (Å²) in [6, 6.07) is 11.9. The fourth-order valence-corrected chi connectivity index (χ4v) is 3.10. The standard InChI is InChI=1S/C21H23N3O4/c1-2-28-18-9-8-14(12-17(18)19(25)23-11-5-10-22)13-24-20(26)15-6-3-4-7-16(15)21(24)27/h3-4,6-9,12H,2,5,10-11,13,22H2,1H3,(H,23,25). The van der Waals surface area contributed by atoms with Gasteiger partial charge in [-0.3, -0.25) is 19.3 Å². The lowest BCUT2D eigenvalue weighted by Gasteiger charge is -2.16. The van der Waals surface area contributed by atoms with Gasteiger partial charge in [-0.2, -0.15) is 0 Å². The summed E-state index contributed by atoms with van der Waals surface area (Å²) in [7, 11) is 0. The Morgan fingerprint density at radius 1 is 1.11 bits per heavy atom. The summed E-state index contributed by atoms with van der Waals surface area (Å²) in [5, 5.41) is 2.80. The first-order valence-corrected chi connectivity index (χ1v) is 9.26. The molecule has 0 aromatic heterocycles. The van der Waals surface area contributed by atoms with Crippen molar-refractivity contribution >= 4 is 17.7 Å². The van der Waals surface area contributed by atoms with Crippen LogP contribution >= 0.6 is 0 Å². The molecule has 28 heavy (non-hydrogen) atoms. The molecule has 0 aliphatic carbocycles. The van der Waals surface area contributed by atoms with Crippen LogP contribution in [0.4, 0.5) is 0 Å². The molecule has 3 rings (SSSR count). The molecule has 0 radical (unpaired) electrons. The number of nitrogens with zero attached hydrogens (tertiary/aromatic N) is 1. The van der Waals surface area contributed by atoms with E-state index < -0.39 is 0 Å². The zero-order valence-electron chi connectivity index (χ0n) is 15.7. The Morgan fingerprint density at radius 3 is 2.39 bits per heavy atom. The molecule has 0 atom stereocenters. The first kappa shape index (κ1) is 19.6. The molecule has 0 saturated carbocycles. The van der Waals surface area contributed by atoms with E-state index in [1.807, 2.05) is 6.92 Å². The topological polar surface area (TPSA) is 102 Å². The van der Waals surface area contributed by atoms with Crippen molar-refractivity contribution in [3.05, 3.63) is 64.7 Å². The Kier molecular flexibility index (Phi) is 6.06. The highest BCUT2D eigenvalue weighted by Crippen LogP contribution is 2.26. The van der Waals surface area contributed by atoms with Crippen molar-refractivity contribution in [3.8, 4) is 5.75 Å². The lowest BCUT2D eigenvalue weighted by molar-refractivity contribution is 0.0642. The minimum Gasteiger partial charge on any atom is -0.493 e. The van der Waals surface area contributed by atoms with Crippen LogP contribution in [0.2, 0.25) is 0 Å². The second-order valence-corrected chi connectivity index (χ2v) is 6.40. The third kappa shape index (κ3) is 3.89. The average Bonchev–Trinajstić information content (AvgIpc) is 2.94. The molecule has 3 N–H and O–H groups in total. The molecule has 1 heterocycles. The van der Waals surface area contributed by atoms with Crippen LogP contribution in [0.5, 0.6) is 5.75 Å². The number of amides is 3. The van der Waals surface area contributed by atoms with Crippen LogP contribution in [0, 0.1) is 0 Å². The van der Waals surface area contributed by atoms with E-state index in [-0.39, 0.29) is 24.3 Å². The fraction of sp³-hybridized carbons (Fsp3) is 0.286. The molecule has 3 amide bonds. The zero-order chi connectivity index (χ0) is 20.1. The molecule has 1 aliphatic heterocycles. The normalized spacial score (nSPS) is 12.9. The van der Waals surface area contributed by atoms with Crippen molar-refractivity contribution in [2.24, 2.45) is 5.73 Å². The van der Waals surface area contributed by atoms with Gasteiger partial charge in [-0.05, 0) is 49.7 Å². The van der Waals surface area contributed by atoms with Crippen LogP contribution in [0.1, 0.15) is 50.0 Å². The molecule has 0 fully saturated rings. The van der Waals surface area contributed by atoms with Gasteiger partial charge in [0, 0.05) is 6.54 Å². The second kappa shape index (κ2) is 8.67. The number of rotatable bonds is 8. The Balaban J connectivity index is 1.83. The van der Waals surface area contributed by atoms with E-state index in [9.17, 15) is 14.4 Å². The lowest BCUT2D eigenvalue weighted by atomic mass is 10.1. The van der Waals surface area contributed by atoms with Crippen LogP contribution in [-0.4, -0.2) is 42.3 Å². The number of hydrogen-bond acceptors (Lipinski definition) is 5. The van der Waals surface area contributed by atoms with Crippen molar-refractivity contribution in [1.82, 2.24) is 10.2 Å². The molecule has 0 unspecified atom stereocenters. The number of carbonyl (C=O) groups is 3. The minimum atomic E-state index is -0.330. The van der Waals surface area contributed by atoms with Crippen molar-refractivity contribution in [3.63, 3.8) is 0 Å². The highest BCUT2D eigenvalue weighted by molar-refractivity contribution is 6.21. The molecule has 2 aromatic carbocycles. The number of carbonyl (C=O) groups excluding carboxylic acids is 3. The quantitative estimate of drug-likeness (QED) is 0.538. The third-order valence-electron chi connectivity index (χ3n) is 4.47. The number of nitrogens with two attached hydrogens (primary N) is 1. The molecular weight excluding hydrogens is 358 g/mol. The van der Waals surface area contributed by atoms with Crippen molar-refractivity contribution in [2.45, 2.75) is 19.9 Å². The predicted octanol–water partition coefficient (Wildman–Crippen LogP) is 1.96. The second-order valence-electron chi connectivity index (χ2n) is 6.40. The summed E-state index contributed by atoms with van der Waals surface area (Å²) < 4.78 is 5.55. The number of ether oxygens (including phenoxy) is 1. The van der Waals surface area contributed by atoms with E-state index in [1.165, 1.54) is 4.90 Å². The molecular formula is C21H23N3O4. The summed E-state index contributed by atoms with van der Waals surface area (Å²) in [5.41, 5.74) is 7.30. The Bertz CT molecular complexity index is 875. The number of nitrogens with one attached hydrogen (secondary N) is 1. The predicted molar refractivity (Wildman–Crippen MR) is 104 cm³/mol. The first-order chi connectivity index (χ1) is 13.6. The summed E-state index contributed by atoms with van der Waals surface area (Å²) >= 11 is 0. The van der Waals surface area contributed by atoms with Gasteiger partial charge >= 0.3 is 0 Å². The third-order valence-corrected chi connectivity index (χ3v) is 4.47. The molecule has 0 bridgehead atoms. The van der Waals surface area contributed by atoms with Crippen LogP contribution < -0.4 is 15.8 Å². The Morgan fingerprint density at radius 2 is 1.79 bits per heavy atom. The maximum absolute atomic E-state index is 12.6. The fourth-order valence-electron chi connectivity index (χ4n) is 3.10. The summed E-state index contributed by atoms with van der Waals surface area (Å²) in [6.45, 7) is 3.29. The largest absolute Gasteiger partial charge is 0.493 e. The average molecular weight is 381 g/mol. The van der Waals surface area contributed by atoms with Gasteiger partial charge in [-0.1, -0.05) is 18.2 Å². The lowest BCUT2D eigenvalue weighted by Crippen LogP contribution is -2.30. The number of benzene rings is 2. The Hall–Kier alpha value is -3.19. The SMILES string of the molecule is CCOc1ccc(CN2C(=O)c3ccccc3C2=O)cc1C(=O)NCCCN. The number of fused-ring (bicyclic) bond motifs is 1. The van der Waals surface area contributed by atoms with Gasteiger partial charge < -0.3 is 15.8 Å². The number of imide groups is 1. The molecule has 2 aromatic rings. The Labute approximate surface area is 163 Å². The molecule has 146 valence electrons. The van der Waals surface area contributed by atoms with E-state index in [1.54, 1.807) is 42.5 Å². The van der Waals surface area contributed by atoms with Crippen LogP contribution in [0.25, 0.3) is 0 Å². The van der Waals surface area contributed by atoms with Gasteiger partial charge in [-0.25, -0.2) is 0 Å². The van der Waals surface area contributed by atoms with E-state index in [0.717, 1.165) is 0 Å². The van der Waals surface area contributed by atoms with E-state index in [4.69, 9.17) is 10.5 Å². The summed E-state index contributed by atoms with van der Waals surface area (Å²) in [4.78, 5) is 38.9. The van der Waals surface area contributed by atoms with Gasteiger partial charge in [0.1, 0.15) is 5.75 Å². The molecule has 7 heteroatoms. The van der Waals surface area contributed by atoms with E-state index >= 15 is 0 Å². The van der Waals surface area contributed by atoms with Gasteiger partial charge in [0.15, 0.2) is 0 Å². The van der Waals surface area contributed by atoms with Crippen LogP contribution in [0.15, 0.2) is 42.5 Å². The number of hydrogen-bond donors (Lipinski definition) is 2. The van der Waals surface area contributed by atoms with Crippen molar-refractivity contribution in [2.75, 3.05) is 19.7 Å². The highest BCUT2D eigenvalue weighted by Gasteiger charge is 2.35. The smallest absolute Gasteiger partial charge is 0.261 e. The van der Waals surface area contributed by atoms with Gasteiger partial charge in [0.05, 0.1) is 29.8 Å². The van der Waals surface area contributed by atoms with Crippen LogP contribution in [0.3, 0.4) is 0 Å². The van der Waals surface area contributed by atoms with E-state index in [0.29, 0.717) is 54.1 Å². The maximum atomic E-state index is 12.6. The zero-order valence-corrected chi connectivity index (χ0v) is 15.7. The van der Waals surface area contributed by atoms with Gasteiger partial charge in [-0.15, -0.1) is 0 Å². The van der Waals surface area contributed by atoms with Crippen molar-refractivity contribution in [1.29, 1.82) is 0 Å². The first-order valence-electron chi connectivity index (χ1n) is 9.26. The van der Waals surface area contributed by atoms with E-state index in [2.05, 4.69) is 5.32 Å². The highest BCUT2D eigenvalue weighted by atomic mass is 16.5. The monoisotopic (exact) mass is 381 g/mol. The molecule has 7 nitrogen and oxygen atoms in total. The van der Waals surface area contributed by atoms with Gasteiger partial charge in [0.25, 0.3) is 17.7 Å². The summed E-state index contributed by atoms with van der Waals surface area (Å²) in [5.74, 6) is -0.480. The molecule has 0 spiro atoms. The molecule has 0 saturated heterocycles. The summed E-state index contributed by atoms with van der Waals surface area (Å²) in [6.07, 6.45) is 0.671. The van der Waals surface area contributed by atoms with Gasteiger partial charge in [0.2, 0.25) is 0 Å². The maximum Gasteiger partial charge on any atom is 0.261 e. The van der Waals surface area contributed by atoms with Crippen molar-refractivity contribution < 1.29 is 19.1 Å². The molecule has 1 aliphatic rings.